The summed E-state index contributed by atoms with van der Waals surface area (Å²) < 4.78 is 14.4. The lowest BCUT2D eigenvalue weighted by molar-refractivity contribution is -0.133. The third kappa shape index (κ3) is 3.76. The molecule has 0 radical (unpaired) electrons. The highest BCUT2D eigenvalue weighted by Gasteiger charge is 2.22. The van der Waals surface area contributed by atoms with Gasteiger partial charge in [0.15, 0.2) is 0 Å². The van der Waals surface area contributed by atoms with E-state index in [2.05, 4.69) is 21.2 Å². The van der Waals surface area contributed by atoms with Crippen molar-refractivity contribution in [2.45, 2.75) is 25.8 Å². The van der Waals surface area contributed by atoms with Crippen LogP contribution in [0.5, 0.6) is 0 Å². The van der Waals surface area contributed by atoms with Gasteiger partial charge in [-0.3, -0.25) is 4.79 Å². The van der Waals surface area contributed by atoms with E-state index in [1.807, 2.05) is 11.8 Å². The Balaban J connectivity index is 1.92. The van der Waals surface area contributed by atoms with E-state index < -0.39 is 0 Å². The molecule has 1 heterocycles. The van der Waals surface area contributed by atoms with Gasteiger partial charge in [-0.2, -0.15) is 0 Å². The SMILES string of the molecule is CC1CNCCN1C(=O)CCc1ccc(Br)cc1F. The molecule has 1 saturated heterocycles. The summed E-state index contributed by atoms with van der Waals surface area (Å²) in [5.74, 6) is -0.146. The standard InChI is InChI=1S/C14H18BrFN2O/c1-10-9-17-6-7-18(10)14(19)5-3-11-2-4-12(15)8-13(11)16/h2,4,8,10,17H,3,5-7,9H2,1H3. The molecule has 0 bridgehead atoms. The average Bonchev–Trinajstić information content (AvgIpc) is 2.38. The summed E-state index contributed by atoms with van der Waals surface area (Å²) >= 11 is 3.22. The molecule has 0 spiro atoms. The van der Waals surface area contributed by atoms with Gasteiger partial charge in [0.25, 0.3) is 0 Å². The van der Waals surface area contributed by atoms with Crippen molar-refractivity contribution in [2.75, 3.05) is 19.6 Å². The van der Waals surface area contributed by atoms with Crippen LogP contribution in [-0.2, 0) is 11.2 Å². The molecular formula is C14H18BrFN2O. The summed E-state index contributed by atoms with van der Waals surface area (Å²) in [5, 5.41) is 3.25. The number of carbonyl (C=O) groups excluding carboxylic acids is 1. The fraction of sp³-hybridized carbons (Fsp3) is 0.500. The van der Waals surface area contributed by atoms with Gasteiger partial charge in [-0.1, -0.05) is 22.0 Å². The second-order valence-corrected chi connectivity index (χ2v) is 5.79. The van der Waals surface area contributed by atoms with Gasteiger partial charge >= 0.3 is 0 Å². The molecule has 1 atom stereocenters. The van der Waals surface area contributed by atoms with E-state index in [0.29, 0.717) is 18.4 Å². The maximum Gasteiger partial charge on any atom is 0.223 e. The molecule has 3 nitrogen and oxygen atoms in total. The number of halogens is 2. The molecule has 1 aromatic carbocycles. The summed E-state index contributed by atoms with van der Waals surface area (Å²) in [4.78, 5) is 14.0. The monoisotopic (exact) mass is 328 g/mol. The lowest BCUT2D eigenvalue weighted by atomic mass is 10.1. The Morgan fingerprint density at radius 3 is 3.05 bits per heavy atom. The van der Waals surface area contributed by atoms with E-state index in [-0.39, 0.29) is 17.8 Å². The Bertz CT molecular complexity index is 467. The van der Waals surface area contributed by atoms with Crippen LogP contribution in [0.25, 0.3) is 0 Å². The van der Waals surface area contributed by atoms with Crippen LogP contribution in [0, 0.1) is 5.82 Å². The number of hydrogen-bond donors (Lipinski definition) is 1. The van der Waals surface area contributed by atoms with Crippen LogP contribution in [0.15, 0.2) is 22.7 Å². The minimum absolute atomic E-state index is 0.108. The topological polar surface area (TPSA) is 32.3 Å². The molecule has 0 saturated carbocycles. The van der Waals surface area contributed by atoms with Crippen LogP contribution >= 0.6 is 15.9 Å². The van der Waals surface area contributed by atoms with Crippen molar-refractivity contribution in [3.05, 3.63) is 34.1 Å². The Morgan fingerprint density at radius 2 is 2.37 bits per heavy atom. The first-order valence-electron chi connectivity index (χ1n) is 6.52. The van der Waals surface area contributed by atoms with E-state index in [0.717, 1.165) is 24.1 Å². The molecule has 104 valence electrons. The first kappa shape index (κ1) is 14.5. The van der Waals surface area contributed by atoms with Gasteiger partial charge < -0.3 is 10.2 Å². The third-order valence-corrected chi connectivity index (χ3v) is 3.94. The number of carbonyl (C=O) groups is 1. The number of nitrogens with one attached hydrogen (secondary N) is 1. The van der Waals surface area contributed by atoms with Crippen LogP contribution in [0.3, 0.4) is 0 Å². The number of hydrogen-bond acceptors (Lipinski definition) is 2. The van der Waals surface area contributed by atoms with Crippen LogP contribution < -0.4 is 5.32 Å². The molecule has 19 heavy (non-hydrogen) atoms. The van der Waals surface area contributed by atoms with Gasteiger partial charge in [-0.05, 0) is 31.0 Å². The third-order valence-electron chi connectivity index (χ3n) is 3.44. The van der Waals surface area contributed by atoms with E-state index in [4.69, 9.17) is 0 Å². The highest BCUT2D eigenvalue weighted by atomic mass is 79.9. The molecule has 1 amide bonds. The summed E-state index contributed by atoms with van der Waals surface area (Å²) in [6, 6.07) is 5.19. The lowest BCUT2D eigenvalue weighted by Gasteiger charge is -2.34. The summed E-state index contributed by atoms with van der Waals surface area (Å²) in [6.07, 6.45) is 0.817. The number of benzene rings is 1. The molecule has 1 fully saturated rings. The van der Waals surface area contributed by atoms with Crippen molar-refractivity contribution in [3.8, 4) is 0 Å². The largest absolute Gasteiger partial charge is 0.337 e. The van der Waals surface area contributed by atoms with E-state index >= 15 is 0 Å². The van der Waals surface area contributed by atoms with Gasteiger partial charge in [0.05, 0.1) is 0 Å². The zero-order chi connectivity index (χ0) is 13.8. The molecule has 1 aliphatic rings. The first-order chi connectivity index (χ1) is 9.08. The maximum absolute atomic E-state index is 13.7. The number of amides is 1. The summed E-state index contributed by atoms with van der Waals surface area (Å²) in [5.41, 5.74) is 0.597. The van der Waals surface area contributed by atoms with Gasteiger partial charge in [-0.15, -0.1) is 0 Å². The van der Waals surface area contributed by atoms with Crippen molar-refractivity contribution in [2.24, 2.45) is 0 Å². The van der Waals surface area contributed by atoms with Crippen LogP contribution in [-0.4, -0.2) is 36.5 Å². The zero-order valence-electron chi connectivity index (χ0n) is 11.0. The second-order valence-electron chi connectivity index (χ2n) is 4.88. The van der Waals surface area contributed by atoms with Crippen molar-refractivity contribution >= 4 is 21.8 Å². The molecule has 1 aliphatic heterocycles. The van der Waals surface area contributed by atoms with Gasteiger partial charge in [0, 0.05) is 36.6 Å². The number of nitrogens with zero attached hydrogens (tertiary/aromatic N) is 1. The zero-order valence-corrected chi connectivity index (χ0v) is 12.5. The highest BCUT2D eigenvalue weighted by Crippen LogP contribution is 2.17. The number of rotatable bonds is 3. The van der Waals surface area contributed by atoms with Crippen LogP contribution in [0.2, 0.25) is 0 Å². The molecule has 0 aliphatic carbocycles. The summed E-state index contributed by atoms with van der Waals surface area (Å²) in [6.45, 7) is 4.44. The minimum Gasteiger partial charge on any atom is -0.337 e. The molecule has 2 rings (SSSR count). The lowest BCUT2D eigenvalue weighted by Crippen LogP contribution is -2.52. The van der Waals surface area contributed by atoms with Crippen molar-refractivity contribution < 1.29 is 9.18 Å². The normalized spacial score (nSPS) is 19.5. The van der Waals surface area contributed by atoms with E-state index in [9.17, 15) is 9.18 Å². The van der Waals surface area contributed by atoms with Crippen molar-refractivity contribution in [1.82, 2.24) is 10.2 Å². The quantitative estimate of drug-likeness (QED) is 0.923. The molecule has 1 aromatic rings. The van der Waals surface area contributed by atoms with Crippen molar-refractivity contribution in [1.29, 1.82) is 0 Å². The number of aryl methyl sites for hydroxylation is 1. The fourth-order valence-corrected chi connectivity index (χ4v) is 2.65. The van der Waals surface area contributed by atoms with Crippen LogP contribution in [0.1, 0.15) is 18.9 Å². The highest BCUT2D eigenvalue weighted by molar-refractivity contribution is 9.10. The molecule has 1 N–H and O–H groups in total. The Labute approximate surface area is 121 Å². The predicted molar refractivity (Wildman–Crippen MR) is 76.5 cm³/mol. The first-order valence-corrected chi connectivity index (χ1v) is 7.31. The van der Waals surface area contributed by atoms with Gasteiger partial charge in [0.1, 0.15) is 5.82 Å². The predicted octanol–water partition coefficient (Wildman–Crippen LogP) is 2.34. The molecule has 0 aromatic heterocycles. The fourth-order valence-electron chi connectivity index (χ4n) is 2.32. The summed E-state index contributed by atoms with van der Waals surface area (Å²) in [7, 11) is 0. The minimum atomic E-state index is -0.254. The van der Waals surface area contributed by atoms with Crippen molar-refractivity contribution in [3.63, 3.8) is 0 Å². The van der Waals surface area contributed by atoms with Crippen LogP contribution in [0.4, 0.5) is 4.39 Å². The molecular weight excluding hydrogens is 311 g/mol. The Kier molecular flexibility index (Phi) is 4.93. The van der Waals surface area contributed by atoms with E-state index in [1.54, 1.807) is 12.1 Å². The Hall–Kier alpha value is -0.940. The van der Waals surface area contributed by atoms with E-state index in [1.165, 1.54) is 6.07 Å². The second kappa shape index (κ2) is 6.48. The van der Waals surface area contributed by atoms with Gasteiger partial charge in [0.2, 0.25) is 5.91 Å². The van der Waals surface area contributed by atoms with Gasteiger partial charge in [-0.25, -0.2) is 4.39 Å². The molecule has 1 unspecified atom stereocenters. The molecule has 5 heteroatoms. The Morgan fingerprint density at radius 1 is 1.58 bits per heavy atom. The smallest absolute Gasteiger partial charge is 0.223 e. The average molecular weight is 329 g/mol. The number of piperazine rings is 1. The maximum atomic E-state index is 13.7.